The molecule has 96 valence electrons. The van der Waals surface area contributed by atoms with Gasteiger partial charge in [0, 0.05) is 18.8 Å². The minimum atomic E-state index is -3.40. The van der Waals surface area contributed by atoms with Gasteiger partial charge in [0.25, 0.3) is 10.0 Å². The van der Waals surface area contributed by atoms with Crippen LogP contribution in [-0.2, 0) is 10.0 Å². The predicted octanol–water partition coefficient (Wildman–Crippen LogP) is 1.16. The molecule has 2 rings (SSSR count). The monoisotopic (exact) mass is 293 g/mol. The molecule has 1 aromatic rings. The Bertz CT molecular complexity index is 490. The second-order valence-electron chi connectivity index (χ2n) is 3.79. The van der Waals surface area contributed by atoms with E-state index in [2.05, 4.69) is 4.98 Å². The van der Waals surface area contributed by atoms with Crippen LogP contribution >= 0.6 is 23.1 Å². The minimum Gasteiger partial charge on any atom is -0.375 e. The lowest BCUT2D eigenvalue weighted by atomic mass is 10.5. The number of nitrogens with zero attached hydrogens (tertiary/aromatic N) is 2. The maximum atomic E-state index is 12.4. The third kappa shape index (κ3) is 2.75. The van der Waals surface area contributed by atoms with E-state index in [9.17, 15) is 8.42 Å². The molecule has 1 aliphatic heterocycles. The SMILES string of the molecule is Cc1nc(N)sc1S(=O)(=O)N1CCCSCC1. The van der Waals surface area contributed by atoms with Gasteiger partial charge in [-0.05, 0) is 19.1 Å². The molecule has 0 aromatic carbocycles. The number of nitrogens with two attached hydrogens (primary N) is 1. The Hall–Kier alpha value is -0.310. The van der Waals surface area contributed by atoms with Gasteiger partial charge in [-0.2, -0.15) is 16.1 Å². The smallest absolute Gasteiger partial charge is 0.254 e. The highest BCUT2D eigenvalue weighted by atomic mass is 32.2. The van der Waals surface area contributed by atoms with Crippen molar-refractivity contribution < 1.29 is 8.42 Å². The van der Waals surface area contributed by atoms with Gasteiger partial charge in [0.1, 0.15) is 0 Å². The summed E-state index contributed by atoms with van der Waals surface area (Å²) in [5.74, 6) is 1.88. The molecule has 0 aliphatic carbocycles. The lowest BCUT2D eigenvalue weighted by Crippen LogP contribution is -2.32. The number of hydrogen-bond acceptors (Lipinski definition) is 6. The van der Waals surface area contributed by atoms with Crippen molar-refractivity contribution in [2.24, 2.45) is 0 Å². The van der Waals surface area contributed by atoms with E-state index in [1.54, 1.807) is 23.0 Å². The summed E-state index contributed by atoms with van der Waals surface area (Å²) < 4.78 is 26.7. The summed E-state index contributed by atoms with van der Waals surface area (Å²) in [4.78, 5) is 3.98. The van der Waals surface area contributed by atoms with Crippen molar-refractivity contribution in [3.8, 4) is 0 Å². The van der Waals surface area contributed by atoms with Crippen LogP contribution < -0.4 is 5.73 Å². The molecule has 1 aliphatic rings. The van der Waals surface area contributed by atoms with Gasteiger partial charge in [-0.1, -0.05) is 11.3 Å². The number of sulfonamides is 1. The molecule has 17 heavy (non-hydrogen) atoms. The number of aromatic nitrogens is 1. The van der Waals surface area contributed by atoms with Gasteiger partial charge < -0.3 is 5.73 Å². The Balaban J connectivity index is 2.31. The Kier molecular flexibility index (Phi) is 3.96. The average molecular weight is 293 g/mol. The van der Waals surface area contributed by atoms with Crippen molar-refractivity contribution >= 4 is 38.3 Å². The lowest BCUT2D eigenvalue weighted by molar-refractivity contribution is 0.436. The number of hydrogen-bond donors (Lipinski definition) is 1. The summed E-state index contributed by atoms with van der Waals surface area (Å²) in [5.41, 5.74) is 6.06. The molecule has 0 radical (unpaired) electrons. The molecule has 0 spiro atoms. The molecular formula is C9H15N3O2S3. The first kappa shape index (κ1) is 13.1. The number of rotatable bonds is 2. The molecule has 8 heteroatoms. The van der Waals surface area contributed by atoms with Crippen molar-refractivity contribution in [3.05, 3.63) is 5.69 Å². The van der Waals surface area contributed by atoms with E-state index in [4.69, 9.17) is 5.73 Å². The van der Waals surface area contributed by atoms with Gasteiger partial charge >= 0.3 is 0 Å². The van der Waals surface area contributed by atoms with Gasteiger partial charge in [0.2, 0.25) is 0 Å². The molecule has 2 heterocycles. The van der Waals surface area contributed by atoms with E-state index < -0.39 is 10.0 Å². The quantitative estimate of drug-likeness (QED) is 0.885. The zero-order chi connectivity index (χ0) is 12.5. The first-order valence-electron chi connectivity index (χ1n) is 5.32. The molecule has 0 amide bonds. The van der Waals surface area contributed by atoms with Crippen LogP contribution in [0.5, 0.6) is 0 Å². The lowest BCUT2D eigenvalue weighted by Gasteiger charge is -2.18. The van der Waals surface area contributed by atoms with E-state index >= 15 is 0 Å². The number of thiazole rings is 1. The van der Waals surface area contributed by atoms with E-state index in [1.807, 2.05) is 0 Å². The Morgan fingerprint density at radius 3 is 2.76 bits per heavy atom. The highest BCUT2D eigenvalue weighted by molar-refractivity contribution is 7.99. The van der Waals surface area contributed by atoms with Crippen LogP contribution in [0.1, 0.15) is 12.1 Å². The van der Waals surface area contributed by atoms with Crippen LogP contribution in [0.4, 0.5) is 5.13 Å². The third-order valence-electron chi connectivity index (χ3n) is 2.53. The second kappa shape index (κ2) is 5.13. The van der Waals surface area contributed by atoms with Crippen LogP contribution in [-0.4, -0.2) is 42.3 Å². The predicted molar refractivity (Wildman–Crippen MR) is 72.0 cm³/mol. The van der Waals surface area contributed by atoms with Gasteiger partial charge in [0.15, 0.2) is 9.34 Å². The van der Waals surface area contributed by atoms with Crippen molar-refractivity contribution in [3.63, 3.8) is 0 Å². The number of thioether (sulfide) groups is 1. The highest BCUT2D eigenvalue weighted by Crippen LogP contribution is 2.29. The van der Waals surface area contributed by atoms with E-state index in [0.29, 0.717) is 28.1 Å². The van der Waals surface area contributed by atoms with Crippen LogP contribution in [0.3, 0.4) is 0 Å². The standard InChI is InChI=1S/C9H15N3O2S3/c1-7-8(16-9(10)11-7)17(13,14)12-3-2-5-15-6-4-12/h2-6H2,1H3,(H2,10,11). The van der Waals surface area contributed by atoms with Crippen LogP contribution in [0.15, 0.2) is 4.21 Å². The van der Waals surface area contributed by atoms with E-state index in [1.165, 1.54) is 0 Å². The van der Waals surface area contributed by atoms with Gasteiger partial charge in [-0.15, -0.1) is 0 Å². The average Bonchev–Trinajstić information content (AvgIpc) is 2.52. The van der Waals surface area contributed by atoms with Crippen LogP contribution in [0.25, 0.3) is 0 Å². The largest absolute Gasteiger partial charge is 0.375 e. The Morgan fingerprint density at radius 1 is 1.35 bits per heavy atom. The van der Waals surface area contributed by atoms with Crippen LogP contribution in [0, 0.1) is 6.92 Å². The van der Waals surface area contributed by atoms with Crippen LogP contribution in [0.2, 0.25) is 0 Å². The Morgan fingerprint density at radius 2 is 2.12 bits per heavy atom. The molecule has 1 fully saturated rings. The highest BCUT2D eigenvalue weighted by Gasteiger charge is 2.29. The molecule has 1 saturated heterocycles. The molecule has 0 bridgehead atoms. The van der Waals surface area contributed by atoms with E-state index in [0.717, 1.165) is 29.3 Å². The molecule has 0 unspecified atom stereocenters. The topological polar surface area (TPSA) is 76.3 Å². The third-order valence-corrected chi connectivity index (χ3v) is 7.05. The molecule has 0 saturated carbocycles. The summed E-state index contributed by atoms with van der Waals surface area (Å²) in [6, 6.07) is 0. The number of aryl methyl sites for hydroxylation is 1. The van der Waals surface area contributed by atoms with E-state index in [-0.39, 0.29) is 0 Å². The van der Waals surface area contributed by atoms with Gasteiger partial charge in [0.05, 0.1) is 5.69 Å². The van der Waals surface area contributed by atoms with Gasteiger partial charge in [-0.3, -0.25) is 0 Å². The summed E-state index contributed by atoms with van der Waals surface area (Å²) >= 11 is 2.85. The summed E-state index contributed by atoms with van der Waals surface area (Å²) in [7, 11) is -3.40. The molecular weight excluding hydrogens is 278 g/mol. The van der Waals surface area contributed by atoms with Crippen molar-refractivity contribution in [1.82, 2.24) is 9.29 Å². The fourth-order valence-corrected chi connectivity index (χ4v) is 5.64. The molecule has 1 aromatic heterocycles. The molecule has 5 nitrogen and oxygen atoms in total. The fraction of sp³-hybridized carbons (Fsp3) is 0.667. The van der Waals surface area contributed by atoms with Crippen molar-refractivity contribution in [1.29, 1.82) is 0 Å². The number of nitrogen functional groups attached to an aromatic ring is 1. The number of anilines is 1. The summed E-state index contributed by atoms with van der Waals surface area (Å²) in [5, 5.41) is 0.310. The maximum Gasteiger partial charge on any atom is 0.254 e. The normalized spacial score (nSPS) is 19.1. The summed E-state index contributed by atoms with van der Waals surface area (Å²) in [6.45, 7) is 2.85. The summed E-state index contributed by atoms with van der Waals surface area (Å²) in [6.07, 6.45) is 0.900. The maximum absolute atomic E-state index is 12.4. The molecule has 0 atom stereocenters. The second-order valence-corrected chi connectivity index (χ2v) is 8.18. The fourth-order valence-electron chi connectivity index (χ4n) is 1.72. The zero-order valence-corrected chi connectivity index (χ0v) is 12.0. The minimum absolute atomic E-state index is 0.293. The molecule has 2 N–H and O–H groups in total. The van der Waals surface area contributed by atoms with Crippen molar-refractivity contribution in [2.45, 2.75) is 17.6 Å². The Labute approximate surface area is 109 Å². The van der Waals surface area contributed by atoms with Gasteiger partial charge in [-0.25, -0.2) is 13.4 Å². The van der Waals surface area contributed by atoms with Crippen molar-refractivity contribution in [2.75, 3.05) is 30.3 Å². The first-order chi connectivity index (χ1) is 8.01. The zero-order valence-electron chi connectivity index (χ0n) is 9.55. The first-order valence-corrected chi connectivity index (χ1v) is 8.74.